The number of hydrogen-bond acceptors (Lipinski definition) is 3. The van der Waals surface area contributed by atoms with E-state index in [0.717, 1.165) is 31.7 Å². The maximum absolute atomic E-state index is 5.71. The normalized spacial score (nSPS) is 21.6. The van der Waals surface area contributed by atoms with Crippen LogP contribution in [0.2, 0.25) is 0 Å². The first kappa shape index (κ1) is 12.5. The van der Waals surface area contributed by atoms with Crippen molar-refractivity contribution < 1.29 is 4.74 Å². The highest BCUT2D eigenvalue weighted by Gasteiger charge is 2.20. The molecule has 0 saturated carbocycles. The van der Waals surface area contributed by atoms with Crippen molar-refractivity contribution in [3.63, 3.8) is 0 Å². The Morgan fingerprint density at radius 1 is 1.53 bits per heavy atom. The Balaban J connectivity index is 1.87. The smallest absolute Gasteiger partial charge is 0.0591 e. The summed E-state index contributed by atoms with van der Waals surface area (Å²) in [6, 6.07) is 6.60. The third-order valence-corrected chi connectivity index (χ3v) is 3.25. The van der Waals surface area contributed by atoms with Gasteiger partial charge in [-0.2, -0.15) is 0 Å². The zero-order valence-electron chi connectivity index (χ0n) is 10.6. The summed E-state index contributed by atoms with van der Waals surface area (Å²) in [5.41, 5.74) is 1.16. The molecule has 2 unspecified atom stereocenters. The molecule has 17 heavy (non-hydrogen) atoms. The summed E-state index contributed by atoms with van der Waals surface area (Å²) >= 11 is 0. The highest BCUT2D eigenvalue weighted by Crippen LogP contribution is 2.18. The third kappa shape index (κ3) is 4.10. The van der Waals surface area contributed by atoms with Crippen LogP contribution in [0.15, 0.2) is 24.4 Å². The molecule has 1 saturated heterocycles. The Morgan fingerprint density at radius 3 is 3.12 bits per heavy atom. The van der Waals surface area contributed by atoms with Gasteiger partial charge < -0.3 is 10.1 Å². The number of rotatable bonds is 6. The van der Waals surface area contributed by atoms with Crippen LogP contribution in [-0.4, -0.2) is 30.3 Å². The van der Waals surface area contributed by atoms with E-state index >= 15 is 0 Å². The Kier molecular flexibility index (Phi) is 4.95. The fourth-order valence-corrected chi connectivity index (χ4v) is 2.45. The molecule has 2 heterocycles. The summed E-state index contributed by atoms with van der Waals surface area (Å²) in [7, 11) is 0. The van der Waals surface area contributed by atoms with E-state index in [2.05, 4.69) is 29.4 Å². The van der Waals surface area contributed by atoms with Crippen LogP contribution in [-0.2, 0) is 11.2 Å². The van der Waals surface area contributed by atoms with Gasteiger partial charge in [-0.05, 0) is 37.9 Å². The van der Waals surface area contributed by atoms with E-state index < -0.39 is 0 Å². The number of nitrogens with zero attached hydrogens (tertiary/aromatic N) is 1. The van der Waals surface area contributed by atoms with E-state index in [9.17, 15) is 0 Å². The number of ether oxygens (including phenoxy) is 1. The van der Waals surface area contributed by atoms with Gasteiger partial charge in [0.25, 0.3) is 0 Å². The van der Waals surface area contributed by atoms with Crippen LogP contribution in [0, 0.1) is 0 Å². The lowest BCUT2D eigenvalue weighted by molar-refractivity contribution is 0.0947. The molecule has 1 N–H and O–H groups in total. The molecule has 2 atom stereocenters. The molecule has 0 aliphatic carbocycles. The molecule has 2 rings (SSSR count). The Hall–Kier alpha value is -0.930. The van der Waals surface area contributed by atoms with Crippen LogP contribution in [0.5, 0.6) is 0 Å². The standard InChI is InChI=1S/C14H22N2O/c1-2-15-13(11-14-7-5-9-17-14)10-12-6-3-4-8-16-12/h3-4,6,8,13-15H,2,5,7,9-11H2,1H3. The van der Waals surface area contributed by atoms with Gasteiger partial charge in [-0.3, -0.25) is 4.98 Å². The van der Waals surface area contributed by atoms with Crippen molar-refractivity contribution >= 4 is 0 Å². The fourth-order valence-electron chi connectivity index (χ4n) is 2.45. The molecular formula is C14H22N2O. The lowest BCUT2D eigenvalue weighted by atomic mass is 10.0. The van der Waals surface area contributed by atoms with Crippen LogP contribution < -0.4 is 5.32 Å². The van der Waals surface area contributed by atoms with E-state index in [0.29, 0.717) is 12.1 Å². The molecule has 1 aliphatic heterocycles. The first-order valence-electron chi connectivity index (χ1n) is 6.63. The van der Waals surface area contributed by atoms with E-state index in [1.165, 1.54) is 12.8 Å². The minimum Gasteiger partial charge on any atom is -0.378 e. The van der Waals surface area contributed by atoms with Gasteiger partial charge in [-0.15, -0.1) is 0 Å². The number of hydrogen-bond donors (Lipinski definition) is 1. The summed E-state index contributed by atoms with van der Waals surface area (Å²) in [5, 5.41) is 3.54. The minimum atomic E-state index is 0.447. The van der Waals surface area contributed by atoms with Crippen LogP contribution >= 0.6 is 0 Å². The number of pyridine rings is 1. The van der Waals surface area contributed by atoms with Crippen LogP contribution in [0.1, 0.15) is 31.9 Å². The molecule has 94 valence electrons. The van der Waals surface area contributed by atoms with Gasteiger partial charge in [0.1, 0.15) is 0 Å². The summed E-state index contributed by atoms with van der Waals surface area (Å²) < 4.78 is 5.71. The molecule has 1 aromatic rings. The predicted molar refractivity (Wildman–Crippen MR) is 69.0 cm³/mol. The highest BCUT2D eigenvalue weighted by atomic mass is 16.5. The molecule has 0 spiro atoms. The first-order chi connectivity index (χ1) is 8.38. The van der Waals surface area contributed by atoms with Crippen molar-refractivity contribution in [1.29, 1.82) is 0 Å². The fraction of sp³-hybridized carbons (Fsp3) is 0.643. The molecule has 1 aliphatic rings. The Bertz CT molecular complexity index is 309. The Labute approximate surface area is 104 Å². The van der Waals surface area contributed by atoms with Gasteiger partial charge in [0, 0.05) is 31.0 Å². The number of aromatic nitrogens is 1. The SMILES string of the molecule is CCNC(Cc1ccccn1)CC1CCCO1. The van der Waals surface area contributed by atoms with E-state index in [1.54, 1.807) is 0 Å². The van der Waals surface area contributed by atoms with Crippen LogP contribution in [0.3, 0.4) is 0 Å². The average Bonchev–Trinajstić information content (AvgIpc) is 2.83. The van der Waals surface area contributed by atoms with Crippen molar-refractivity contribution in [2.24, 2.45) is 0 Å². The zero-order valence-corrected chi connectivity index (χ0v) is 10.6. The van der Waals surface area contributed by atoms with Gasteiger partial charge in [0.15, 0.2) is 0 Å². The lowest BCUT2D eigenvalue weighted by Gasteiger charge is -2.20. The largest absolute Gasteiger partial charge is 0.378 e. The second kappa shape index (κ2) is 6.72. The highest BCUT2D eigenvalue weighted by molar-refractivity contribution is 5.05. The van der Waals surface area contributed by atoms with Gasteiger partial charge >= 0.3 is 0 Å². The number of likely N-dealkylation sites (N-methyl/N-ethyl adjacent to an activating group) is 1. The second-order valence-corrected chi connectivity index (χ2v) is 4.65. The van der Waals surface area contributed by atoms with Crippen molar-refractivity contribution in [3.8, 4) is 0 Å². The maximum atomic E-state index is 5.71. The van der Waals surface area contributed by atoms with E-state index in [-0.39, 0.29) is 0 Å². The van der Waals surface area contributed by atoms with Gasteiger partial charge in [-0.25, -0.2) is 0 Å². The van der Waals surface area contributed by atoms with E-state index in [4.69, 9.17) is 4.74 Å². The molecule has 0 bridgehead atoms. The van der Waals surface area contributed by atoms with Gasteiger partial charge in [-0.1, -0.05) is 13.0 Å². The maximum Gasteiger partial charge on any atom is 0.0591 e. The summed E-state index contributed by atoms with van der Waals surface area (Å²) in [5.74, 6) is 0. The van der Waals surface area contributed by atoms with Crippen LogP contribution in [0.4, 0.5) is 0 Å². The third-order valence-electron chi connectivity index (χ3n) is 3.25. The summed E-state index contributed by atoms with van der Waals surface area (Å²) in [6.07, 6.45) is 6.84. The van der Waals surface area contributed by atoms with Crippen molar-refractivity contribution in [2.75, 3.05) is 13.2 Å². The van der Waals surface area contributed by atoms with Gasteiger partial charge in [0.05, 0.1) is 6.10 Å². The molecule has 1 aromatic heterocycles. The predicted octanol–water partition coefficient (Wildman–Crippen LogP) is 2.17. The molecule has 0 radical (unpaired) electrons. The molecule has 0 aromatic carbocycles. The first-order valence-corrected chi connectivity index (χ1v) is 6.63. The molecule has 1 fully saturated rings. The molecule has 0 amide bonds. The summed E-state index contributed by atoms with van der Waals surface area (Å²) in [6.45, 7) is 4.10. The van der Waals surface area contributed by atoms with E-state index in [1.807, 2.05) is 12.3 Å². The minimum absolute atomic E-state index is 0.447. The molecule has 3 heteroatoms. The monoisotopic (exact) mass is 234 g/mol. The van der Waals surface area contributed by atoms with Crippen molar-refractivity contribution in [3.05, 3.63) is 30.1 Å². The second-order valence-electron chi connectivity index (χ2n) is 4.65. The van der Waals surface area contributed by atoms with Crippen molar-refractivity contribution in [2.45, 2.75) is 44.8 Å². The molecular weight excluding hydrogens is 212 g/mol. The number of nitrogens with one attached hydrogen (secondary N) is 1. The Morgan fingerprint density at radius 2 is 2.47 bits per heavy atom. The zero-order chi connectivity index (χ0) is 11.9. The van der Waals surface area contributed by atoms with Crippen LogP contribution in [0.25, 0.3) is 0 Å². The average molecular weight is 234 g/mol. The topological polar surface area (TPSA) is 34.2 Å². The van der Waals surface area contributed by atoms with Crippen molar-refractivity contribution in [1.82, 2.24) is 10.3 Å². The quantitative estimate of drug-likeness (QED) is 0.819. The molecule has 3 nitrogen and oxygen atoms in total. The van der Waals surface area contributed by atoms with Gasteiger partial charge in [0.2, 0.25) is 0 Å². The summed E-state index contributed by atoms with van der Waals surface area (Å²) in [4.78, 5) is 4.39. The lowest BCUT2D eigenvalue weighted by Crippen LogP contribution is -2.34.